The number of carbonyl (C=O) groups is 1. The molecular formula is C27H42O3. The Morgan fingerprint density at radius 1 is 1.27 bits per heavy atom. The fourth-order valence-electron chi connectivity index (χ4n) is 8.39. The number of hydrogen-bond acceptors (Lipinski definition) is 3. The first kappa shape index (κ1) is 22.1. The molecule has 3 heteroatoms. The summed E-state index contributed by atoms with van der Waals surface area (Å²) in [4.78, 5) is 12.0. The van der Waals surface area contributed by atoms with Gasteiger partial charge in [-0.15, -0.1) is 0 Å². The van der Waals surface area contributed by atoms with Gasteiger partial charge in [0.2, 0.25) is 0 Å². The first-order chi connectivity index (χ1) is 14.3. The van der Waals surface area contributed by atoms with Crippen molar-refractivity contribution in [3.63, 3.8) is 0 Å². The van der Waals surface area contributed by atoms with Crippen LogP contribution < -0.4 is 0 Å². The molecule has 3 nitrogen and oxygen atoms in total. The number of ether oxygens (including phenoxy) is 1. The summed E-state index contributed by atoms with van der Waals surface area (Å²) in [7, 11) is 0. The third-order valence-electron chi connectivity index (χ3n) is 10.0. The van der Waals surface area contributed by atoms with Crippen LogP contribution in [0.15, 0.2) is 24.3 Å². The third kappa shape index (κ3) is 3.70. The van der Waals surface area contributed by atoms with Crippen LogP contribution in [0, 0.1) is 40.4 Å². The highest BCUT2D eigenvalue weighted by Crippen LogP contribution is 2.67. The first-order valence-corrected chi connectivity index (χ1v) is 12.4. The molecule has 30 heavy (non-hydrogen) atoms. The first-order valence-electron chi connectivity index (χ1n) is 12.4. The van der Waals surface area contributed by atoms with Gasteiger partial charge in [-0.2, -0.15) is 0 Å². The summed E-state index contributed by atoms with van der Waals surface area (Å²) in [6.07, 6.45) is 15.1. The zero-order valence-corrected chi connectivity index (χ0v) is 19.4. The zero-order valence-electron chi connectivity index (χ0n) is 19.4. The van der Waals surface area contributed by atoms with E-state index in [0.717, 1.165) is 49.4 Å². The highest BCUT2D eigenvalue weighted by atomic mass is 16.5. The van der Waals surface area contributed by atoms with Crippen LogP contribution in [-0.4, -0.2) is 23.8 Å². The number of fused-ring (bicyclic) bond motifs is 5. The van der Waals surface area contributed by atoms with Crippen LogP contribution >= 0.6 is 0 Å². The maximum Gasteiger partial charge on any atom is 0.306 e. The SMILES string of the molecule is C=CCOC(=O)CC[C@@H](C)[C@H]1CC[C@H]2[C@@H]3CC=C4C[C@@H](O)CC[C@]4(C)[C@H]3CC[C@]12C. The van der Waals surface area contributed by atoms with Gasteiger partial charge in [0, 0.05) is 6.42 Å². The van der Waals surface area contributed by atoms with E-state index in [0.29, 0.717) is 29.8 Å². The van der Waals surface area contributed by atoms with E-state index in [9.17, 15) is 9.90 Å². The highest BCUT2D eigenvalue weighted by Gasteiger charge is 2.59. The topological polar surface area (TPSA) is 46.5 Å². The predicted octanol–water partition coefficient (Wildman–Crippen LogP) is 6.07. The van der Waals surface area contributed by atoms with Crippen molar-refractivity contribution >= 4 is 5.97 Å². The quantitative estimate of drug-likeness (QED) is 0.424. The molecule has 0 aromatic heterocycles. The molecule has 4 aliphatic carbocycles. The fraction of sp³-hybridized carbons (Fsp3) is 0.815. The van der Waals surface area contributed by atoms with Gasteiger partial charge in [0.1, 0.15) is 6.61 Å². The predicted molar refractivity (Wildman–Crippen MR) is 121 cm³/mol. The second-order valence-electron chi connectivity index (χ2n) is 11.4. The molecule has 1 N–H and O–H groups in total. The standard InChI is InChI=1S/C27H42O3/c1-5-16-30-25(29)11-6-18(2)22-9-10-23-21-8-7-19-17-20(28)12-14-26(19,3)24(21)13-15-27(22,23)4/h5,7,18,20-24,28H,1,6,8-17H2,2-4H3/t18-,20+,21+,22-,23+,24+,26+,27-/m1/s1. The van der Waals surface area contributed by atoms with Crippen molar-refractivity contribution < 1.29 is 14.6 Å². The Bertz CT molecular complexity index is 696. The zero-order chi connectivity index (χ0) is 21.5. The molecule has 0 aromatic carbocycles. The lowest BCUT2D eigenvalue weighted by Crippen LogP contribution is -2.50. The lowest BCUT2D eigenvalue weighted by atomic mass is 9.47. The molecule has 4 aliphatic rings. The van der Waals surface area contributed by atoms with Gasteiger partial charge in [0.05, 0.1) is 6.10 Å². The smallest absolute Gasteiger partial charge is 0.306 e. The number of esters is 1. The maximum atomic E-state index is 12.0. The molecule has 168 valence electrons. The number of hydrogen-bond donors (Lipinski definition) is 1. The molecule has 0 aliphatic heterocycles. The van der Waals surface area contributed by atoms with Crippen molar-refractivity contribution in [2.45, 2.75) is 91.1 Å². The van der Waals surface area contributed by atoms with Gasteiger partial charge in [-0.3, -0.25) is 4.79 Å². The number of rotatable bonds is 6. The Labute approximate surface area is 183 Å². The van der Waals surface area contributed by atoms with E-state index in [4.69, 9.17) is 4.74 Å². The Morgan fingerprint density at radius 2 is 2.07 bits per heavy atom. The van der Waals surface area contributed by atoms with Gasteiger partial charge < -0.3 is 9.84 Å². The van der Waals surface area contributed by atoms with Crippen molar-refractivity contribution in [3.8, 4) is 0 Å². The molecule has 0 aromatic rings. The second kappa shape index (κ2) is 8.45. The molecule has 3 fully saturated rings. The van der Waals surface area contributed by atoms with Gasteiger partial charge >= 0.3 is 5.97 Å². The number of carbonyl (C=O) groups excluding carboxylic acids is 1. The number of aliphatic hydroxyl groups is 1. The maximum absolute atomic E-state index is 12.0. The minimum atomic E-state index is -0.121. The van der Waals surface area contributed by atoms with Crippen molar-refractivity contribution in [1.29, 1.82) is 0 Å². The number of allylic oxidation sites excluding steroid dienone is 1. The average Bonchev–Trinajstić information content (AvgIpc) is 3.08. The van der Waals surface area contributed by atoms with Crippen LogP contribution in [0.4, 0.5) is 0 Å². The Balaban J connectivity index is 1.45. The van der Waals surface area contributed by atoms with Crippen molar-refractivity contribution in [1.82, 2.24) is 0 Å². The van der Waals surface area contributed by atoms with Gasteiger partial charge in [0.15, 0.2) is 0 Å². The van der Waals surface area contributed by atoms with Gasteiger partial charge in [0.25, 0.3) is 0 Å². The molecule has 4 rings (SSSR count). The molecular weight excluding hydrogens is 372 g/mol. The van der Waals surface area contributed by atoms with E-state index in [1.807, 2.05) is 0 Å². The van der Waals surface area contributed by atoms with E-state index in [-0.39, 0.29) is 12.1 Å². The van der Waals surface area contributed by atoms with Crippen molar-refractivity contribution in [2.75, 3.05) is 6.61 Å². The van der Waals surface area contributed by atoms with Crippen LogP contribution in [-0.2, 0) is 9.53 Å². The molecule has 0 spiro atoms. The van der Waals surface area contributed by atoms with Crippen LogP contribution in [0.2, 0.25) is 0 Å². The van der Waals surface area contributed by atoms with Crippen LogP contribution in [0.25, 0.3) is 0 Å². The monoisotopic (exact) mass is 414 g/mol. The molecule has 8 atom stereocenters. The van der Waals surface area contributed by atoms with E-state index >= 15 is 0 Å². The third-order valence-corrected chi connectivity index (χ3v) is 10.0. The summed E-state index contributed by atoms with van der Waals surface area (Å²) < 4.78 is 5.19. The molecule has 0 bridgehead atoms. The largest absolute Gasteiger partial charge is 0.461 e. The summed E-state index contributed by atoms with van der Waals surface area (Å²) in [6.45, 7) is 11.4. The van der Waals surface area contributed by atoms with Crippen LogP contribution in [0.1, 0.15) is 85.0 Å². The normalized spacial score (nSPS) is 43.6. The Kier molecular flexibility index (Phi) is 6.23. The van der Waals surface area contributed by atoms with E-state index in [2.05, 4.69) is 33.4 Å². The summed E-state index contributed by atoms with van der Waals surface area (Å²) in [5.41, 5.74) is 2.30. The fourth-order valence-corrected chi connectivity index (χ4v) is 8.39. The minimum Gasteiger partial charge on any atom is -0.461 e. The molecule has 3 saturated carbocycles. The van der Waals surface area contributed by atoms with Gasteiger partial charge in [-0.05, 0) is 98.2 Å². The molecule has 0 radical (unpaired) electrons. The number of aliphatic hydroxyl groups excluding tert-OH is 1. The van der Waals surface area contributed by atoms with Gasteiger partial charge in [-0.1, -0.05) is 45.1 Å². The molecule has 0 heterocycles. The minimum absolute atomic E-state index is 0.0810. The van der Waals surface area contributed by atoms with E-state index in [1.54, 1.807) is 11.6 Å². The van der Waals surface area contributed by atoms with E-state index in [1.165, 1.54) is 32.1 Å². The Hall–Kier alpha value is -1.09. The molecule has 0 unspecified atom stereocenters. The average molecular weight is 415 g/mol. The van der Waals surface area contributed by atoms with Crippen molar-refractivity contribution in [3.05, 3.63) is 24.3 Å². The highest BCUT2D eigenvalue weighted by molar-refractivity contribution is 5.69. The molecule has 0 amide bonds. The lowest BCUT2D eigenvalue weighted by molar-refractivity contribution is -0.143. The lowest BCUT2D eigenvalue weighted by Gasteiger charge is -2.58. The second-order valence-corrected chi connectivity index (χ2v) is 11.4. The van der Waals surface area contributed by atoms with E-state index < -0.39 is 0 Å². The summed E-state index contributed by atoms with van der Waals surface area (Å²) in [6, 6.07) is 0. The van der Waals surface area contributed by atoms with Crippen molar-refractivity contribution in [2.24, 2.45) is 40.4 Å². The Morgan fingerprint density at radius 3 is 2.83 bits per heavy atom. The molecule has 0 saturated heterocycles. The van der Waals surface area contributed by atoms with Gasteiger partial charge in [-0.25, -0.2) is 0 Å². The van der Waals surface area contributed by atoms with Crippen LogP contribution in [0.3, 0.4) is 0 Å². The van der Waals surface area contributed by atoms with Crippen LogP contribution in [0.5, 0.6) is 0 Å². The summed E-state index contributed by atoms with van der Waals surface area (Å²) in [5, 5.41) is 10.2. The summed E-state index contributed by atoms with van der Waals surface area (Å²) in [5.74, 6) is 3.64. The summed E-state index contributed by atoms with van der Waals surface area (Å²) >= 11 is 0.